The first-order valence-corrected chi connectivity index (χ1v) is 10.7. The molecule has 1 atom stereocenters. The smallest absolute Gasteiger partial charge is 0.191 e. The fourth-order valence-corrected chi connectivity index (χ4v) is 3.68. The molecule has 0 aliphatic carbocycles. The third-order valence-corrected chi connectivity index (χ3v) is 5.21. The van der Waals surface area contributed by atoms with Crippen LogP contribution in [0.25, 0.3) is 0 Å². The minimum absolute atomic E-state index is 0.281. The molecule has 2 saturated heterocycles. The summed E-state index contributed by atoms with van der Waals surface area (Å²) in [6.07, 6.45) is 4.71. The van der Waals surface area contributed by atoms with Crippen molar-refractivity contribution in [3.8, 4) is 0 Å². The van der Waals surface area contributed by atoms with Crippen molar-refractivity contribution < 1.29 is 9.47 Å². The largest absolute Gasteiger partial charge is 0.377 e. The normalized spacial score (nSPS) is 21.1. The van der Waals surface area contributed by atoms with E-state index in [1.807, 2.05) is 13.0 Å². The maximum atomic E-state index is 5.71. The Kier molecular flexibility index (Phi) is 8.36. The van der Waals surface area contributed by atoms with Gasteiger partial charge < -0.3 is 25.0 Å². The van der Waals surface area contributed by atoms with Crippen molar-refractivity contribution in [2.45, 2.75) is 51.7 Å². The summed E-state index contributed by atoms with van der Waals surface area (Å²) in [7, 11) is 0. The number of nitrogens with one attached hydrogen (secondary N) is 2. The van der Waals surface area contributed by atoms with Crippen LogP contribution >= 0.6 is 0 Å². The third kappa shape index (κ3) is 6.63. The van der Waals surface area contributed by atoms with Crippen molar-refractivity contribution in [3.63, 3.8) is 0 Å². The number of aromatic nitrogens is 1. The van der Waals surface area contributed by atoms with Gasteiger partial charge in [-0.25, -0.2) is 4.98 Å². The Morgan fingerprint density at radius 2 is 2.18 bits per heavy atom. The Bertz CT molecular complexity index is 611. The second-order valence-electron chi connectivity index (χ2n) is 7.51. The van der Waals surface area contributed by atoms with E-state index in [0.717, 1.165) is 69.4 Å². The molecule has 1 aromatic rings. The lowest BCUT2D eigenvalue weighted by molar-refractivity contribution is 0.0200. The van der Waals surface area contributed by atoms with Crippen LogP contribution in [-0.2, 0) is 9.47 Å². The number of ether oxygens (including phenoxy) is 2. The molecule has 28 heavy (non-hydrogen) atoms. The van der Waals surface area contributed by atoms with Crippen molar-refractivity contribution in [2.75, 3.05) is 50.9 Å². The van der Waals surface area contributed by atoms with Crippen LogP contribution < -0.4 is 15.5 Å². The molecular formula is C21H35N5O2. The molecule has 2 aliphatic heterocycles. The first-order chi connectivity index (χ1) is 13.7. The Labute approximate surface area is 168 Å². The van der Waals surface area contributed by atoms with E-state index in [1.54, 1.807) is 0 Å². The summed E-state index contributed by atoms with van der Waals surface area (Å²) in [5.74, 6) is 1.97. The van der Waals surface area contributed by atoms with Crippen molar-refractivity contribution in [1.82, 2.24) is 15.6 Å². The Balaban J connectivity index is 1.38. The molecule has 3 rings (SSSR count). The highest BCUT2D eigenvalue weighted by atomic mass is 16.5. The monoisotopic (exact) mass is 389 g/mol. The lowest BCUT2D eigenvalue weighted by atomic mass is 10.1. The number of nitrogens with zero attached hydrogens (tertiary/aromatic N) is 3. The molecule has 2 aliphatic rings. The zero-order valence-corrected chi connectivity index (χ0v) is 17.3. The number of piperidine rings is 1. The van der Waals surface area contributed by atoms with E-state index in [2.05, 4.69) is 44.6 Å². The Morgan fingerprint density at radius 3 is 2.89 bits per heavy atom. The number of guanidine groups is 1. The molecule has 0 amide bonds. The quantitative estimate of drug-likeness (QED) is 0.403. The van der Waals surface area contributed by atoms with E-state index in [0.29, 0.717) is 25.8 Å². The van der Waals surface area contributed by atoms with Gasteiger partial charge in [0.1, 0.15) is 5.82 Å². The number of hydrogen-bond acceptors (Lipinski definition) is 5. The van der Waals surface area contributed by atoms with Gasteiger partial charge in [0.05, 0.1) is 25.9 Å². The molecular weight excluding hydrogens is 354 g/mol. The second kappa shape index (κ2) is 11.2. The predicted molar refractivity (Wildman–Crippen MR) is 113 cm³/mol. The fourth-order valence-electron chi connectivity index (χ4n) is 3.68. The van der Waals surface area contributed by atoms with E-state index < -0.39 is 0 Å². The summed E-state index contributed by atoms with van der Waals surface area (Å²) in [5.41, 5.74) is 1.07. The van der Waals surface area contributed by atoms with Gasteiger partial charge in [0.15, 0.2) is 5.96 Å². The van der Waals surface area contributed by atoms with Gasteiger partial charge >= 0.3 is 0 Å². The highest BCUT2D eigenvalue weighted by molar-refractivity contribution is 5.80. The lowest BCUT2D eigenvalue weighted by Crippen LogP contribution is -2.49. The van der Waals surface area contributed by atoms with Crippen LogP contribution in [0.4, 0.5) is 5.82 Å². The summed E-state index contributed by atoms with van der Waals surface area (Å²) < 4.78 is 11.3. The van der Waals surface area contributed by atoms with Crippen molar-refractivity contribution in [1.29, 1.82) is 0 Å². The number of aryl methyl sites for hydroxylation is 1. The molecule has 0 aromatic carbocycles. The lowest BCUT2D eigenvalue weighted by Gasteiger charge is -2.34. The summed E-state index contributed by atoms with van der Waals surface area (Å²) in [6.45, 7) is 9.87. The van der Waals surface area contributed by atoms with Crippen molar-refractivity contribution in [3.05, 3.63) is 23.9 Å². The molecule has 1 unspecified atom stereocenters. The van der Waals surface area contributed by atoms with E-state index in [-0.39, 0.29) is 6.10 Å². The van der Waals surface area contributed by atoms with Gasteiger partial charge in [0.25, 0.3) is 0 Å². The molecule has 0 spiro atoms. The predicted octanol–water partition coefficient (Wildman–Crippen LogP) is 2.11. The highest BCUT2D eigenvalue weighted by Crippen LogP contribution is 2.18. The molecule has 7 heteroatoms. The van der Waals surface area contributed by atoms with Gasteiger partial charge in [-0.3, -0.25) is 4.99 Å². The maximum absolute atomic E-state index is 5.71. The highest BCUT2D eigenvalue weighted by Gasteiger charge is 2.21. The first kappa shape index (κ1) is 20.9. The Hall–Kier alpha value is -1.86. The van der Waals surface area contributed by atoms with E-state index in [9.17, 15) is 0 Å². The molecule has 2 N–H and O–H groups in total. The van der Waals surface area contributed by atoms with Crippen LogP contribution in [0.5, 0.6) is 0 Å². The second-order valence-corrected chi connectivity index (χ2v) is 7.51. The minimum Gasteiger partial charge on any atom is -0.377 e. The van der Waals surface area contributed by atoms with Crippen LogP contribution in [-0.4, -0.2) is 69.1 Å². The van der Waals surface area contributed by atoms with E-state index in [4.69, 9.17) is 9.47 Å². The van der Waals surface area contributed by atoms with Gasteiger partial charge in [-0.1, -0.05) is 6.07 Å². The zero-order valence-electron chi connectivity index (χ0n) is 17.3. The Morgan fingerprint density at radius 1 is 1.32 bits per heavy atom. The molecule has 3 heterocycles. The van der Waals surface area contributed by atoms with Crippen LogP contribution in [0.1, 0.15) is 38.3 Å². The van der Waals surface area contributed by atoms with Crippen molar-refractivity contribution in [2.24, 2.45) is 4.99 Å². The first-order valence-electron chi connectivity index (χ1n) is 10.7. The molecule has 0 radical (unpaired) electrons. The van der Waals surface area contributed by atoms with Crippen LogP contribution in [0.15, 0.2) is 23.2 Å². The SMILES string of the molecule is CCNC(=NCCOCC1CCCO1)NC1CCN(c2cccc(C)n2)CC1. The van der Waals surface area contributed by atoms with Crippen molar-refractivity contribution >= 4 is 11.8 Å². The van der Waals surface area contributed by atoms with Gasteiger partial charge in [-0.15, -0.1) is 0 Å². The summed E-state index contributed by atoms with van der Waals surface area (Å²) >= 11 is 0. The summed E-state index contributed by atoms with van der Waals surface area (Å²) in [5, 5.41) is 6.93. The molecule has 1 aromatic heterocycles. The molecule has 0 bridgehead atoms. The zero-order chi connectivity index (χ0) is 19.6. The van der Waals surface area contributed by atoms with E-state index >= 15 is 0 Å². The number of pyridine rings is 1. The van der Waals surface area contributed by atoms with Gasteiger partial charge in [-0.05, 0) is 51.7 Å². The van der Waals surface area contributed by atoms with Gasteiger partial charge in [0.2, 0.25) is 0 Å². The van der Waals surface area contributed by atoms with Crippen LogP contribution in [0, 0.1) is 6.92 Å². The third-order valence-electron chi connectivity index (χ3n) is 5.21. The average Bonchev–Trinajstić information content (AvgIpc) is 3.22. The maximum Gasteiger partial charge on any atom is 0.191 e. The standard InChI is InChI=1S/C21H35N5O2/c1-3-22-21(23-11-15-27-16-19-7-5-14-28-19)25-18-9-12-26(13-10-18)20-8-4-6-17(2)24-20/h4,6,8,18-19H,3,5,7,9-16H2,1-2H3,(H2,22,23,25). The van der Waals surface area contributed by atoms with Gasteiger partial charge in [-0.2, -0.15) is 0 Å². The average molecular weight is 390 g/mol. The molecule has 156 valence electrons. The number of aliphatic imine (C=N–C) groups is 1. The summed E-state index contributed by atoms with van der Waals surface area (Å²) in [6, 6.07) is 6.66. The number of rotatable bonds is 8. The fraction of sp³-hybridized carbons (Fsp3) is 0.714. The van der Waals surface area contributed by atoms with E-state index in [1.165, 1.54) is 0 Å². The molecule has 7 nitrogen and oxygen atoms in total. The summed E-state index contributed by atoms with van der Waals surface area (Å²) in [4.78, 5) is 11.7. The van der Waals surface area contributed by atoms with Gasteiger partial charge in [0, 0.05) is 38.0 Å². The number of anilines is 1. The van der Waals surface area contributed by atoms with Crippen LogP contribution in [0.3, 0.4) is 0 Å². The minimum atomic E-state index is 0.281. The van der Waals surface area contributed by atoms with Crippen LogP contribution in [0.2, 0.25) is 0 Å². The molecule has 2 fully saturated rings. The topological polar surface area (TPSA) is 71.0 Å². The number of hydrogen-bond donors (Lipinski definition) is 2. The molecule has 0 saturated carbocycles.